The van der Waals surface area contributed by atoms with Gasteiger partial charge in [0.2, 0.25) is 5.91 Å². The molecule has 0 saturated heterocycles. The Labute approximate surface area is 150 Å². The van der Waals surface area contributed by atoms with Crippen LogP contribution in [-0.2, 0) is 24.3 Å². The number of likely N-dealkylation sites (N-methyl/N-ethyl adjacent to an activating group) is 1. The molecule has 1 aliphatic heterocycles. The lowest BCUT2D eigenvalue weighted by Crippen LogP contribution is -2.50. The van der Waals surface area contributed by atoms with Crippen molar-refractivity contribution in [2.75, 3.05) is 27.2 Å². The van der Waals surface area contributed by atoms with Gasteiger partial charge in [-0.05, 0) is 37.2 Å². The first kappa shape index (κ1) is 17.6. The number of fused-ring (bicyclic) bond motifs is 1. The van der Waals surface area contributed by atoms with Gasteiger partial charge in [0.25, 0.3) is 0 Å². The van der Waals surface area contributed by atoms with Crippen LogP contribution in [0.3, 0.4) is 0 Å². The average Bonchev–Trinajstić information content (AvgIpc) is 2.65. The summed E-state index contributed by atoms with van der Waals surface area (Å²) in [7, 11) is 4.08. The number of nitrogens with zero attached hydrogens (tertiary/aromatic N) is 2. The summed E-state index contributed by atoms with van der Waals surface area (Å²) in [6, 6.07) is 18.5. The van der Waals surface area contributed by atoms with E-state index in [9.17, 15) is 4.79 Å². The van der Waals surface area contributed by atoms with Crippen molar-refractivity contribution in [3.05, 3.63) is 71.3 Å². The van der Waals surface area contributed by atoms with Gasteiger partial charge in [-0.3, -0.25) is 4.79 Å². The maximum Gasteiger partial charge on any atom is 0.240 e. The van der Waals surface area contributed by atoms with Crippen molar-refractivity contribution in [1.29, 1.82) is 0 Å². The van der Waals surface area contributed by atoms with E-state index in [2.05, 4.69) is 46.6 Å². The molecule has 0 saturated carbocycles. The molecular formula is C21H27N3O. The first-order valence-corrected chi connectivity index (χ1v) is 8.91. The van der Waals surface area contributed by atoms with Crippen molar-refractivity contribution in [1.82, 2.24) is 15.1 Å². The van der Waals surface area contributed by atoms with Crippen LogP contribution in [0.25, 0.3) is 0 Å². The summed E-state index contributed by atoms with van der Waals surface area (Å²) in [4.78, 5) is 17.3. The minimum absolute atomic E-state index is 0.138. The molecule has 0 aromatic heterocycles. The fourth-order valence-electron chi connectivity index (χ4n) is 3.24. The Balaban J connectivity index is 1.72. The van der Waals surface area contributed by atoms with Crippen LogP contribution in [0.5, 0.6) is 0 Å². The van der Waals surface area contributed by atoms with E-state index in [4.69, 9.17) is 0 Å². The fraction of sp³-hybridized carbons (Fsp3) is 0.381. The second kappa shape index (κ2) is 8.28. The van der Waals surface area contributed by atoms with Crippen LogP contribution in [0.15, 0.2) is 54.6 Å². The summed E-state index contributed by atoms with van der Waals surface area (Å²) in [5.74, 6) is 0.195. The number of nitrogens with one attached hydrogen (secondary N) is 1. The summed E-state index contributed by atoms with van der Waals surface area (Å²) in [5, 5.41) is 3.42. The Morgan fingerprint density at radius 3 is 2.40 bits per heavy atom. The summed E-state index contributed by atoms with van der Waals surface area (Å²) in [6.07, 6.45) is 0.766. The van der Waals surface area contributed by atoms with Gasteiger partial charge in [0.1, 0.15) is 0 Å². The van der Waals surface area contributed by atoms with Gasteiger partial charge in [0, 0.05) is 26.2 Å². The predicted molar refractivity (Wildman–Crippen MR) is 101 cm³/mol. The standard InChI is InChI=1S/C21H27N3O/c1-23(2)12-13-24(16-17-8-4-3-5-9-17)21(25)20-14-18-10-6-7-11-19(18)15-22-20/h3-11,20,22H,12-16H2,1-2H3. The highest BCUT2D eigenvalue weighted by molar-refractivity contribution is 5.82. The van der Waals surface area contributed by atoms with Gasteiger partial charge in [-0.25, -0.2) is 0 Å². The summed E-state index contributed by atoms with van der Waals surface area (Å²) < 4.78 is 0. The zero-order chi connectivity index (χ0) is 17.6. The molecule has 0 radical (unpaired) electrons. The van der Waals surface area contributed by atoms with Gasteiger partial charge in [0.15, 0.2) is 0 Å². The zero-order valence-corrected chi connectivity index (χ0v) is 15.1. The molecule has 1 atom stereocenters. The van der Waals surface area contributed by atoms with Crippen molar-refractivity contribution < 1.29 is 4.79 Å². The minimum Gasteiger partial charge on any atom is -0.336 e. The molecule has 132 valence electrons. The van der Waals surface area contributed by atoms with E-state index in [0.29, 0.717) is 6.54 Å². The largest absolute Gasteiger partial charge is 0.336 e. The molecule has 3 rings (SSSR count). The maximum absolute atomic E-state index is 13.2. The van der Waals surface area contributed by atoms with E-state index < -0.39 is 0 Å². The van der Waals surface area contributed by atoms with E-state index in [-0.39, 0.29) is 11.9 Å². The van der Waals surface area contributed by atoms with E-state index in [1.165, 1.54) is 16.7 Å². The Morgan fingerprint density at radius 1 is 1.00 bits per heavy atom. The number of amides is 1. The van der Waals surface area contributed by atoms with E-state index in [0.717, 1.165) is 26.1 Å². The molecule has 1 N–H and O–H groups in total. The van der Waals surface area contributed by atoms with Crippen LogP contribution in [0, 0.1) is 0 Å². The molecule has 0 fully saturated rings. The second-order valence-corrected chi connectivity index (χ2v) is 6.95. The van der Waals surface area contributed by atoms with Crippen LogP contribution < -0.4 is 5.32 Å². The Morgan fingerprint density at radius 2 is 1.68 bits per heavy atom. The quantitative estimate of drug-likeness (QED) is 0.878. The van der Waals surface area contributed by atoms with Gasteiger partial charge in [-0.2, -0.15) is 0 Å². The molecule has 0 aliphatic carbocycles. The average molecular weight is 337 g/mol. The van der Waals surface area contributed by atoms with Crippen LogP contribution >= 0.6 is 0 Å². The van der Waals surface area contributed by atoms with Crippen LogP contribution in [-0.4, -0.2) is 48.9 Å². The van der Waals surface area contributed by atoms with Crippen LogP contribution in [0.2, 0.25) is 0 Å². The highest BCUT2D eigenvalue weighted by Crippen LogP contribution is 2.18. The van der Waals surface area contributed by atoms with Gasteiger partial charge in [0.05, 0.1) is 6.04 Å². The number of rotatable bonds is 6. The summed E-state index contributed by atoms with van der Waals surface area (Å²) >= 11 is 0. The molecule has 2 aromatic rings. The van der Waals surface area contributed by atoms with Crippen molar-refractivity contribution >= 4 is 5.91 Å². The molecule has 25 heavy (non-hydrogen) atoms. The SMILES string of the molecule is CN(C)CCN(Cc1ccccc1)C(=O)C1Cc2ccccc2CN1. The highest BCUT2D eigenvalue weighted by atomic mass is 16.2. The normalized spacial score (nSPS) is 16.5. The Hall–Kier alpha value is -2.17. The predicted octanol–water partition coefficient (Wildman–Crippen LogP) is 2.29. The molecular weight excluding hydrogens is 310 g/mol. The molecule has 4 heteroatoms. The topological polar surface area (TPSA) is 35.6 Å². The summed E-state index contributed by atoms with van der Waals surface area (Å²) in [6.45, 7) is 3.02. The first-order chi connectivity index (χ1) is 12.1. The lowest BCUT2D eigenvalue weighted by Gasteiger charge is -2.32. The van der Waals surface area contributed by atoms with Crippen molar-refractivity contribution in [3.63, 3.8) is 0 Å². The molecule has 1 heterocycles. The number of hydrogen-bond donors (Lipinski definition) is 1. The molecule has 4 nitrogen and oxygen atoms in total. The molecule has 0 bridgehead atoms. The molecule has 1 amide bonds. The monoisotopic (exact) mass is 337 g/mol. The third kappa shape index (κ3) is 4.68. The number of carbonyl (C=O) groups excluding carboxylic acids is 1. The Kier molecular flexibility index (Phi) is 5.84. The maximum atomic E-state index is 13.2. The zero-order valence-electron chi connectivity index (χ0n) is 15.1. The van der Waals surface area contributed by atoms with Crippen LogP contribution in [0.4, 0.5) is 0 Å². The first-order valence-electron chi connectivity index (χ1n) is 8.91. The Bertz CT molecular complexity index is 699. The van der Waals surface area contributed by atoms with Crippen LogP contribution in [0.1, 0.15) is 16.7 Å². The smallest absolute Gasteiger partial charge is 0.240 e. The molecule has 1 unspecified atom stereocenters. The van der Waals surface area contributed by atoms with Crippen molar-refractivity contribution in [3.8, 4) is 0 Å². The van der Waals surface area contributed by atoms with Crippen molar-refractivity contribution in [2.24, 2.45) is 0 Å². The third-order valence-corrected chi connectivity index (χ3v) is 4.72. The number of carbonyl (C=O) groups is 1. The second-order valence-electron chi connectivity index (χ2n) is 6.95. The van der Waals surface area contributed by atoms with Gasteiger partial charge < -0.3 is 15.1 Å². The molecule has 2 aromatic carbocycles. The lowest BCUT2D eigenvalue weighted by atomic mass is 9.95. The number of benzene rings is 2. The summed E-state index contributed by atoms with van der Waals surface area (Å²) in [5.41, 5.74) is 3.76. The van der Waals surface area contributed by atoms with Gasteiger partial charge >= 0.3 is 0 Å². The van der Waals surface area contributed by atoms with E-state index in [1.54, 1.807) is 0 Å². The fourth-order valence-corrected chi connectivity index (χ4v) is 3.24. The van der Waals surface area contributed by atoms with E-state index >= 15 is 0 Å². The molecule has 0 spiro atoms. The van der Waals surface area contributed by atoms with Gasteiger partial charge in [-0.15, -0.1) is 0 Å². The van der Waals surface area contributed by atoms with Crippen molar-refractivity contribution in [2.45, 2.75) is 25.6 Å². The molecule has 1 aliphatic rings. The highest BCUT2D eigenvalue weighted by Gasteiger charge is 2.27. The number of hydrogen-bond acceptors (Lipinski definition) is 3. The lowest BCUT2D eigenvalue weighted by molar-refractivity contribution is -0.134. The minimum atomic E-state index is -0.138. The third-order valence-electron chi connectivity index (χ3n) is 4.72. The van der Waals surface area contributed by atoms with E-state index in [1.807, 2.05) is 37.2 Å². The van der Waals surface area contributed by atoms with Gasteiger partial charge in [-0.1, -0.05) is 54.6 Å².